The molecule has 0 aromatic carbocycles. The average molecular weight is 262 g/mol. The van der Waals surface area contributed by atoms with Crippen LogP contribution in [0.15, 0.2) is 17.2 Å². The Morgan fingerprint density at radius 3 is 3.05 bits per heavy atom. The molecule has 0 saturated carbocycles. The summed E-state index contributed by atoms with van der Waals surface area (Å²) < 4.78 is 1.39. The van der Waals surface area contributed by atoms with Crippen molar-refractivity contribution < 1.29 is 0 Å². The third-order valence-electron chi connectivity index (χ3n) is 3.43. The Morgan fingerprint density at radius 1 is 1.47 bits per heavy atom. The van der Waals surface area contributed by atoms with Crippen molar-refractivity contribution in [2.24, 2.45) is 0 Å². The molecule has 7 heteroatoms. The van der Waals surface area contributed by atoms with Crippen LogP contribution in [-0.4, -0.2) is 50.2 Å². The Labute approximate surface area is 110 Å². The van der Waals surface area contributed by atoms with E-state index in [0.717, 1.165) is 12.4 Å². The maximum absolute atomic E-state index is 11.3. The van der Waals surface area contributed by atoms with E-state index in [2.05, 4.69) is 32.3 Å². The summed E-state index contributed by atoms with van der Waals surface area (Å²) in [6.45, 7) is 5.53. The van der Waals surface area contributed by atoms with Gasteiger partial charge in [-0.25, -0.2) is 19.3 Å². The number of aromatic nitrogens is 4. The van der Waals surface area contributed by atoms with Gasteiger partial charge in [0.1, 0.15) is 12.1 Å². The lowest BCUT2D eigenvalue weighted by Crippen LogP contribution is -2.33. The Hall–Kier alpha value is -1.89. The number of aromatic amines is 1. The quantitative estimate of drug-likeness (QED) is 0.829. The maximum atomic E-state index is 11.3. The van der Waals surface area contributed by atoms with Gasteiger partial charge in [0.2, 0.25) is 0 Å². The van der Waals surface area contributed by atoms with Gasteiger partial charge >= 0.3 is 5.69 Å². The molecule has 0 amide bonds. The molecule has 0 radical (unpaired) electrons. The first-order valence-corrected chi connectivity index (χ1v) is 6.64. The summed E-state index contributed by atoms with van der Waals surface area (Å²) in [4.78, 5) is 18.0. The second kappa shape index (κ2) is 5.00. The number of H-pyrrole nitrogens is 1. The van der Waals surface area contributed by atoms with Crippen LogP contribution >= 0.6 is 0 Å². The van der Waals surface area contributed by atoms with E-state index >= 15 is 0 Å². The molecule has 1 unspecified atom stereocenters. The second-order valence-electron chi connectivity index (χ2n) is 5.08. The minimum atomic E-state index is -0.265. The van der Waals surface area contributed by atoms with E-state index in [1.54, 1.807) is 6.07 Å². The molecule has 2 N–H and O–H groups in total. The fourth-order valence-electron chi connectivity index (χ4n) is 2.54. The first kappa shape index (κ1) is 12.2. The summed E-state index contributed by atoms with van der Waals surface area (Å²) in [5, 5.41) is 9.67. The van der Waals surface area contributed by atoms with Gasteiger partial charge in [-0.3, -0.25) is 0 Å². The predicted molar refractivity (Wildman–Crippen MR) is 72.4 cm³/mol. The zero-order chi connectivity index (χ0) is 13.2. The molecule has 1 aliphatic heterocycles. The number of likely N-dealkylation sites (tertiary alicyclic amines) is 1. The zero-order valence-corrected chi connectivity index (χ0v) is 11.0. The van der Waals surface area contributed by atoms with Crippen molar-refractivity contribution in [1.29, 1.82) is 0 Å². The minimum absolute atomic E-state index is 0.265. The van der Waals surface area contributed by atoms with Gasteiger partial charge in [0.05, 0.1) is 0 Å². The molecule has 7 nitrogen and oxygen atoms in total. The van der Waals surface area contributed by atoms with E-state index in [-0.39, 0.29) is 5.69 Å². The maximum Gasteiger partial charge on any atom is 0.348 e. The van der Waals surface area contributed by atoms with Crippen LogP contribution in [0.4, 0.5) is 5.82 Å². The first-order valence-electron chi connectivity index (χ1n) is 6.64. The Morgan fingerprint density at radius 2 is 2.26 bits per heavy atom. The number of hydrogen-bond acceptors (Lipinski definition) is 5. The highest BCUT2D eigenvalue weighted by Gasteiger charge is 2.14. The molecule has 0 spiro atoms. The monoisotopic (exact) mass is 262 g/mol. The third kappa shape index (κ3) is 2.60. The molecule has 2 aromatic rings. The molecule has 1 saturated heterocycles. The zero-order valence-electron chi connectivity index (χ0n) is 11.0. The lowest BCUT2D eigenvalue weighted by Gasteiger charge is -2.21. The molecule has 102 valence electrons. The number of nitrogens with zero attached hydrogens (tertiary/aromatic N) is 4. The molecule has 3 heterocycles. The van der Waals surface area contributed by atoms with Crippen molar-refractivity contribution in [3.8, 4) is 0 Å². The topological polar surface area (TPSA) is 78.3 Å². The van der Waals surface area contributed by atoms with Crippen molar-refractivity contribution in [2.45, 2.75) is 25.8 Å². The van der Waals surface area contributed by atoms with Crippen molar-refractivity contribution in [3.63, 3.8) is 0 Å². The van der Waals surface area contributed by atoms with Crippen LogP contribution in [0.25, 0.3) is 5.65 Å². The molecule has 2 aromatic heterocycles. The summed E-state index contributed by atoms with van der Waals surface area (Å²) in [6.07, 6.45) is 4.09. The van der Waals surface area contributed by atoms with Crippen molar-refractivity contribution in [2.75, 3.05) is 25.0 Å². The van der Waals surface area contributed by atoms with Crippen LogP contribution in [-0.2, 0) is 0 Å². The molecule has 0 bridgehead atoms. The first-order chi connectivity index (χ1) is 9.22. The van der Waals surface area contributed by atoms with Crippen molar-refractivity contribution >= 4 is 11.5 Å². The molecule has 1 fully saturated rings. The van der Waals surface area contributed by atoms with Crippen LogP contribution < -0.4 is 11.0 Å². The summed E-state index contributed by atoms with van der Waals surface area (Å²) in [5.74, 6) is 0.748. The van der Waals surface area contributed by atoms with Crippen LogP contribution in [0.1, 0.15) is 19.8 Å². The standard InChI is InChI=1S/C12H18N6O/c1-9(7-17-4-2-3-5-17)14-10-6-11-15-16-12(19)18(11)8-13-10/h6,8-9,14H,2-5,7H2,1H3,(H,16,19). The van der Waals surface area contributed by atoms with Crippen LogP contribution in [0.5, 0.6) is 0 Å². The largest absolute Gasteiger partial charge is 0.366 e. The number of hydrogen-bond donors (Lipinski definition) is 2. The Kier molecular flexibility index (Phi) is 3.20. The van der Waals surface area contributed by atoms with Crippen LogP contribution in [0.3, 0.4) is 0 Å². The predicted octanol–water partition coefficient (Wildman–Crippen LogP) is 0.314. The van der Waals surface area contributed by atoms with E-state index in [9.17, 15) is 4.79 Å². The number of fused-ring (bicyclic) bond motifs is 1. The fourth-order valence-corrected chi connectivity index (χ4v) is 2.54. The SMILES string of the molecule is CC(CN1CCCC1)Nc1cc2n[nH]c(=O)n2cn1. The number of rotatable bonds is 4. The van der Waals surface area contributed by atoms with Gasteiger partial charge in [-0.2, -0.15) is 5.10 Å². The molecule has 0 aliphatic carbocycles. The lowest BCUT2D eigenvalue weighted by atomic mass is 10.3. The smallest absolute Gasteiger partial charge is 0.348 e. The highest BCUT2D eigenvalue weighted by molar-refractivity contribution is 5.48. The molecule has 3 rings (SSSR count). The van der Waals surface area contributed by atoms with Gasteiger partial charge in [0, 0.05) is 18.7 Å². The molecule has 19 heavy (non-hydrogen) atoms. The van der Waals surface area contributed by atoms with Crippen LogP contribution in [0, 0.1) is 0 Å². The highest BCUT2D eigenvalue weighted by Crippen LogP contribution is 2.10. The Bertz CT molecular complexity index is 612. The molecule has 1 aliphatic rings. The normalized spacial score (nSPS) is 17.9. The summed E-state index contributed by atoms with van der Waals surface area (Å²) in [6, 6.07) is 2.09. The minimum Gasteiger partial charge on any atom is -0.366 e. The summed E-state index contributed by atoms with van der Waals surface area (Å²) in [7, 11) is 0. The molecule has 1 atom stereocenters. The molecular weight excluding hydrogens is 244 g/mol. The Balaban J connectivity index is 1.68. The lowest BCUT2D eigenvalue weighted by molar-refractivity contribution is 0.327. The van der Waals surface area contributed by atoms with Gasteiger partial charge in [-0.15, -0.1) is 0 Å². The van der Waals surface area contributed by atoms with Crippen molar-refractivity contribution in [3.05, 3.63) is 22.9 Å². The van der Waals surface area contributed by atoms with Crippen LogP contribution in [0.2, 0.25) is 0 Å². The summed E-state index contributed by atoms with van der Waals surface area (Å²) >= 11 is 0. The highest BCUT2D eigenvalue weighted by atomic mass is 16.1. The van der Waals surface area contributed by atoms with Gasteiger partial charge < -0.3 is 10.2 Å². The van der Waals surface area contributed by atoms with E-state index in [1.807, 2.05) is 0 Å². The number of anilines is 1. The fraction of sp³-hybridized carbons (Fsp3) is 0.583. The van der Waals surface area contributed by atoms with E-state index < -0.39 is 0 Å². The summed E-state index contributed by atoms with van der Waals surface area (Å²) in [5.41, 5.74) is 0.315. The van der Waals surface area contributed by atoms with Gasteiger partial charge in [0.15, 0.2) is 5.65 Å². The van der Waals surface area contributed by atoms with Gasteiger partial charge in [-0.1, -0.05) is 0 Å². The van der Waals surface area contributed by atoms with E-state index in [0.29, 0.717) is 11.7 Å². The number of nitrogens with one attached hydrogen (secondary N) is 2. The third-order valence-corrected chi connectivity index (χ3v) is 3.43. The van der Waals surface area contributed by atoms with Gasteiger partial charge in [0.25, 0.3) is 0 Å². The van der Waals surface area contributed by atoms with Gasteiger partial charge in [-0.05, 0) is 32.9 Å². The van der Waals surface area contributed by atoms with Crippen molar-refractivity contribution in [1.82, 2.24) is 24.5 Å². The van der Waals surface area contributed by atoms with E-state index in [1.165, 1.54) is 36.7 Å². The van der Waals surface area contributed by atoms with E-state index in [4.69, 9.17) is 0 Å². The molecular formula is C12H18N6O. The second-order valence-corrected chi connectivity index (χ2v) is 5.08. The average Bonchev–Trinajstić information content (AvgIpc) is 3.00.